The molecule has 0 aliphatic carbocycles. The van der Waals surface area contributed by atoms with Crippen molar-refractivity contribution in [1.82, 2.24) is 5.32 Å². The minimum Gasteiger partial charge on any atom is -0.385 e. The first-order valence-corrected chi connectivity index (χ1v) is 5.85. The first-order chi connectivity index (χ1) is 7.45. The molecule has 0 spiro atoms. The molecule has 4 heteroatoms. The minimum absolute atomic E-state index is 0.0401. The zero-order valence-corrected chi connectivity index (χ0v) is 11.0. The molecule has 0 saturated carbocycles. The van der Waals surface area contributed by atoms with Gasteiger partial charge >= 0.3 is 0 Å². The number of unbranched alkanes of at least 4 members (excludes halogenated alkanes) is 2. The number of amides is 1. The van der Waals surface area contributed by atoms with Crippen LogP contribution in [0, 0.1) is 0 Å². The molecule has 0 radical (unpaired) electrons. The van der Waals surface area contributed by atoms with Crippen LogP contribution in [-0.2, 0) is 14.3 Å². The van der Waals surface area contributed by atoms with Gasteiger partial charge in [-0.15, -0.1) is 0 Å². The summed E-state index contributed by atoms with van der Waals surface area (Å²) in [7, 11) is 1.70. The second-order valence-corrected chi connectivity index (χ2v) is 4.80. The van der Waals surface area contributed by atoms with Crippen LogP contribution in [0.25, 0.3) is 0 Å². The fraction of sp³-hybridized carbons (Fsp3) is 0.917. The van der Waals surface area contributed by atoms with Crippen molar-refractivity contribution in [2.24, 2.45) is 0 Å². The number of nitrogens with one attached hydrogen (secondary N) is 1. The van der Waals surface area contributed by atoms with E-state index in [2.05, 4.69) is 5.32 Å². The van der Waals surface area contributed by atoms with Gasteiger partial charge in [0.15, 0.2) is 0 Å². The Morgan fingerprint density at radius 2 is 1.88 bits per heavy atom. The molecule has 0 aromatic carbocycles. The Kier molecular flexibility index (Phi) is 8.21. The van der Waals surface area contributed by atoms with Crippen LogP contribution in [0.3, 0.4) is 0 Å². The Morgan fingerprint density at radius 1 is 1.19 bits per heavy atom. The molecular formula is C12H25NO3. The summed E-state index contributed by atoms with van der Waals surface area (Å²) in [5.41, 5.74) is -0.254. The summed E-state index contributed by atoms with van der Waals surface area (Å²) in [6.45, 7) is 7.46. The van der Waals surface area contributed by atoms with Crippen LogP contribution < -0.4 is 5.32 Å². The number of carbonyl (C=O) groups excluding carboxylic acids is 1. The van der Waals surface area contributed by atoms with E-state index in [1.54, 1.807) is 7.11 Å². The number of methoxy groups -OCH3 is 1. The lowest BCUT2D eigenvalue weighted by Gasteiger charge is -2.18. The maximum Gasteiger partial charge on any atom is 0.246 e. The average molecular weight is 231 g/mol. The fourth-order valence-corrected chi connectivity index (χ4v) is 1.11. The number of carbonyl (C=O) groups is 1. The Balaban J connectivity index is 3.31. The summed E-state index contributed by atoms with van der Waals surface area (Å²) >= 11 is 0. The molecule has 0 bridgehead atoms. The second-order valence-electron chi connectivity index (χ2n) is 4.80. The maximum atomic E-state index is 11.3. The summed E-state index contributed by atoms with van der Waals surface area (Å²) in [5.74, 6) is -0.0401. The topological polar surface area (TPSA) is 47.6 Å². The molecule has 0 atom stereocenters. The van der Waals surface area contributed by atoms with Gasteiger partial charge in [0.2, 0.25) is 5.91 Å². The van der Waals surface area contributed by atoms with Gasteiger partial charge in [-0.3, -0.25) is 4.79 Å². The number of rotatable bonds is 8. The zero-order chi connectivity index (χ0) is 12.4. The van der Waals surface area contributed by atoms with Crippen molar-refractivity contribution < 1.29 is 14.3 Å². The van der Waals surface area contributed by atoms with Gasteiger partial charge in [-0.05, 0) is 40.0 Å². The fourth-order valence-electron chi connectivity index (χ4n) is 1.11. The quantitative estimate of drug-likeness (QED) is 0.647. The third kappa shape index (κ3) is 11.5. The van der Waals surface area contributed by atoms with Crippen molar-refractivity contribution in [3.05, 3.63) is 0 Å². The molecule has 0 aromatic rings. The summed E-state index contributed by atoms with van der Waals surface area (Å²) in [6, 6.07) is 0. The van der Waals surface area contributed by atoms with Gasteiger partial charge in [-0.1, -0.05) is 0 Å². The molecule has 0 fully saturated rings. The monoisotopic (exact) mass is 231 g/mol. The lowest BCUT2D eigenvalue weighted by molar-refractivity contribution is -0.130. The highest BCUT2D eigenvalue weighted by Gasteiger charge is 2.12. The van der Waals surface area contributed by atoms with Crippen LogP contribution in [0.15, 0.2) is 0 Å². The number of ether oxygens (including phenoxy) is 2. The van der Waals surface area contributed by atoms with Crippen LogP contribution >= 0.6 is 0 Å². The predicted octanol–water partition coefficient (Wildman–Crippen LogP) is 1.73. The zero-order valence-electron chi connectivity index (χ0n) is 11.0. The van der Waals surface area contributed by atoms with E-state index >= 15 is 0 Å². The molecule has 0 unspecified atom stereocenters. The summed E-state index contributed by atoms with van der Waals surface area (Å²) < 4.78 is 10.3. The van der Waals surface area contributed by atoms with Crippen molar-refractivity contribution in [1.29, 1.82) is 0 Å². The van der Waals surface area contributed by atoms with E-state index < -0.39 is 0 Å². The molecular weight excluding hydrogens is 206 g/mol. The van der Waals surface area contributed by atoms with Gasteiger partial charge in [0, 0.05) is 20.3 Å². The highest BCUT2D eigenvalue weighted by molar-refractivity contribution is 5.77. The van der Waals surface area contributed by atoms with Crippen LogP contribution in [-0.4, -0.2) is 38.4 Å². The van der Waals surface area contributed by atoms with Gasteiger partial charge in [-0.25, -0.2) is 0 Å². The number of hydrogen-bond acceptors (Lipinski definition) is 3. The molecule has 0 heterocycles. The molecule has 4 nitrogen and oxygen atoms in total. The first-order valence-electron chi connectivity index (χ1n) is 5.85. The standard InChI is InChI=1S/C12H25NO3/c1-12(2,3)16-10-11(14)13-8-6-5-7-9-15-4/h5-10H2,1-4H3,(H,13,14). The van der Waals surface area contributed by atoms with Gasteiger partial charge in [0.1, 0.15) is 6.61 Å². The van der Waals surface area contributed by atoms with Gasteiger partial charge in [-0.2, -0.15) is 0 Å². The molecule has 96 valence electrons. The van der Waals surface area contributed by atoms with E-state index in [1.165, 1.54) is 0 Å². The Labute approximate surface area is 98.7 Å². The lowest BCUT2D eigenvalue weighted by Crippen LogP contribution is -2.32. The third-order valence-corrected chi connectivity index (χ3v) is 1.98. The molecule has 1 N–H and O–H groups in total. The molecule has 1 amide bonds. The van der Waals surface area contributed by atoms with E-state index in [9.17, 15) is 4.79 Å². The van der Waals surface area contributed by atoms with Gasteiger partial charge < -0.3 is 14.8 Å². The second kappa shape index (κ2) is 8.53. The largest absolute Gasteiger partial charge is 0.385 e. The summed E-state index contributed by atoms with van der Waals surface area (Å²) in [4.78, 5) is 11.3. The summed E-state index contributed by atoms with van der Waals surface area (Å²) in [6.07, 6.45) is 3.11. The van der Waals surface area contributed by atoms with Crippen molar-refractivity contribution in [2.75, 3.05) is 26.9 Å². The van der Waals surface area contributed by atoms with Crippen LogP contribution in [0.1, 0.15) is 40.0 Å². The normalized spacial score (nSPS) is 11.5. The molecule has 0 aliphatic heterocycles. The maximum absolute atomic E-state index is 11.3. The van der Waals surface area contributed by atoms with Crippen LogP contribution in [0.5, 0.6) is 0 Å². The van der Waals surface area contributed by atoms with E-state index in [1.807, 2.05) is 20.8 Å². The first kappa shape index (κ1) is 15.4. The predicted molar refractivity (Wildman–Crippen MR) is 64.4 cm³/mol. The molecule has 0 rings (SSSR count). The van der Waals surface area contributed by atoms with Gasteiger partial charge in [0.05, 0.1) is 5.60 Å². The van der Waals surface area contributed by atoms with Crippen LogP contribution in [0.2, 0.25) is 0 Å². The van der Waals surface area contributed by atoms with Crippen molar-refractivity contribution in [3.8, 4) is 0 Å². The van der Waals surface area contributed by atoms with Crippen molar-refractivity contribution in [2.45, 2.75) is 45.6 Å². The third-order valence-electron chi connectivity index (χ3n) is 1.98. The van der Waals surface area contributed by atoms with E-state index in [0.717, 1.165) is 32.4 Å². The molecule has 0 aliphatic rings. The smallest absolute Gasteiger partial charge is 0.246 e. The highest BCUT2D eigenvalue weighted by Crippen LogP contribution is 2.05. The Bertz CT molecular complexity index is 187. The Hall–Kier alpha value is -0.610. The SMILES string of the molecule is COCCCCCNC(=O)COC(C)(C)C. The minimum atomic E-state index is -0.254. The van der Waals surface area contributed by atoms with E-state index in [4.69, 9.17) is 9.47 Å². The molecule has 0 aromatic heterocycles. The van der Waals surface area contributed by atoms with Gasteiger partial charge in [0.25, 0.3) is 0 Å². The van der Waals surface area contributed by atoms with Crippen molar-refractivity contribution in [3.63, 3.8) is 0 Å². The van der Waals surface area contributed by atoms with E-state index in [0.29, 0.717) is 0 Å². The van der Waals surface area contributed by atoms with Crippen LogP contribution in [0.4, 0.5) is 0 Å². The highest BCUT2D eigenvalue weighted by atomic mass is 16.5. The Morgan fingerprint density at radius 3 is 2.44 bits per heavy atom. The molecule has 0 saturated heterocycles. The number of hydrogen-bond donors (Lipinski definition) is 1. The van der Waals surface area contributed by atoms with E-state index in [-0.39, 0.29) is 18.1 Å². The lowest BCUT2D eigenvalue weighted by atomic mass is 10.2. The average Bonchev–Trinajstić information content (AvgIpc) is 2.19. The summed E-state index contributed by atoms with van der Waals surface area (Å²) in [5, 5.41) is 2.83. The van der Waals surface area contributed by atoms with Crippen molar-refractivity contribution >= 4 is 5.91 Å². The molecule has 16 heavy (non-hydrogen) atoms.